The SMILES string of the molecule is COC(C)OCCc1ccc(C(C)C)cc1. The van der Waals surface area contributed by atoms with E-state index in [1.54, 1.807) is 7.11 Å². The molecule has 0 N–H and O–H groups in total. The summed E-state index contributed by atoms with van der Waals surface area (Å²) in [6.45, 7) is 7.02. The van der Waals surface area contributed by atoms with Crippen LogP contribution in [0.1, 0.15) is 37.8 Å². The summed E-state index contributed by atoms with van der Waals surface area (Å²) in [5, 5.41) is 0. The molecule has 0 amide bonds. The summed E-state index contributed by atoms with van der Waals surface area (Å²) in [7, 11) is 1.65. The highest BCUT2D eigenvalue weighted by molar-refractivity contribution is 5.24. The number of ether oxygens (including phenoxy) is 2. The first-order valence-electron chi connectivity index (χ1n) is 5.86. The van der Waals surface area contributed by atoms with E-state index < -0.39 is 0 Å². The zero-order valence-corrected chi connectivity index (χ0v) is 10.7. The monoisotopic (exact) mass is 222 g/mol. The van der Waals surface area contributed by atoms with Crippen molar-refractivity contribution in [1.29, 1.82) is 0 Å². The maximum atomic E-state index is 5.45. The molecule has 0 aromatic heterocycles. The molecule has 90 valence electrons. The van der Waals surface area contributed by atoms with Crippen molar-refractivity contribution in [1.82, 2.24) is 0 Å². The normalized spacial score (nSPS) is 13.1. The van der Waals surface area contributed by atoms with Gasteiger partial charge in [-0.25, -0.2) is 0 Å². The average Bonchev–Trinajstić information content (AvgIpc) is 2.29. The topological polar surface area (TPSA) is 18.5 Å². The van der Waals surface area contributed by atoms with Gasteiger partial charge in [-0.2, -0.15) is 0 Å². The van der Waals surface area contributed by atoms with Crippen LogP contribution in [0, 0.1) is 0 Å². The van der Waals surface area contributed by atoms with Gasteiger partial charge >= 0.3 is 0 Å². The van der Waals surface area contributed by atoms with Gasteiger partial charge in [0.05, 0.1) is 6.61 Å². The van der Waals surface area contributed by atoms with Crippen LogP contribution < -0.4 is 0 Å². The Labute approximate surface area is 98.6 Å². The maximum absolute atomic E-state index is 5.45. The van der Waals surface area contributed by atoms with Crippen LogP contribution in [0.4, 0.5) is 0 Å². The van der Waals surface area contributed by atoms with E-state index >= 15 is 0 Å². The van der Waals surface area contributed by atoms with Crippen LogP contribution in [-0.2, 0) is 15.9 Å². The van der Waals surface area contributed by atoms with E-state index in [1.807, 2.05) is 6.92 Å². The Bertz CT molecular complexity index is 290. The van der Waals surface area contributed by atoms with Crippen molar-refractivity contribution >= 4 is 0 Å². The fourth-order valence-corrected chi connectivity index (χ4v) is 1.48. The van der Waals surface area contributed by atoms with Crippen molar-refractivity contribution in [2.75, 3.05) is 13.7 Å². The lowest BCUT2D eigenvalue weighted by Crippen LogP contribution is -2.12. The van der Waals surface area contributed by atoms with Gasteiger partial charge in [0.15, 0.2) is 6.29 Å². The molecule has 1 unspecified atom stereocenters. The number of rotatable bonds is 6. The molecule has 1 aromatic rings. The molecule has 0 heterocycles. The van der Waals surface area contributed by atoms with Crippen LogP contribution in [-0.4, -0.2) is 20.0 Å². The van der Waals surface area contributed by atoms with Crippen LogP contribution >= 0.6 is 0 Å². The van der Waals surface area contributed by atoms with Crippen LogP contribution in [0.2, 0.25) is 0 Å². The second kappa shape index (κ2) is 6.66. The van der Waals surface area contributed by atoms with Crippen molar-refractivity contribution in [3.8, 4) is 0 Å². The summed E-state index contributed by atoms with van der Waals surface area (Å²) >= 11 is 0. The lowest BCUT2D eigenvalue weighted by Gasteiger charge is -2.11. The summed E-state index contributed by atoms with van der Waals surface area (Å²) in [6.07, 6.45) is 0.821. The van der Waals surface area contributed by atoms with Crippen molar-refractivity contribution in [2.45, 2.75) is 39.4 Å². The zero-order valence-electron chi connectivity index (χ0n) is 10.7. The van der Waals surface area contributed by atoms with Gasteiger partial charge in [0.2, 0.25) is 0 Å². The summed E-state index contributed by atoms with van der Waals surface area (Å²) < 4.78 is 10.5. The van der Waals surface area contributed by atoms with E-state index in [9.17, 15) is 0 Å². The third kappa shape index (κ3) is 4.33. The second-order valence-electron chi connectivity index (χ2n) is 4.32. The Kier molecular flexibility index (Phi) is 5.50. The minimum absolute atomic E-state index is 0.116. The highest BCUT2D eigenvalue weighted by Crippen LogP contribution is 2.14. The Hall–Kier alpha value is -0.860. The molecule has 0 aliphatic rings. The second-order valence-corrected chi connectivity index (χ2v) is 4.32. The highest BCUT2D eigenvalue weighted by atomic mass is 16.7. The Balaban J connectivity index is 2.38. The van der Waals surface area contributed by atoms with E-state index in [4.69, 9.17) is 9.47 Å². The maximum Gasteiger partial charge on any atom is 0.154 e. The third-order valence-corrected chi connectivity index (χ3v) is 2.72. The highest BCUT2D eigenvalue weighted by Gasteiger charge is 2.01. The Morgan fingerprint density at radius 2 is 1.69 bits per heavy atom. The van der Waals surface area contributed by atoms with E-state index in [2.05, 4.69) is 38.1 Å². The van der Waals surface area contributed by atoms with Crippen LogP contribution in [0.5, 0.6) is 0 Å². The van der Waals surface area contributed by atoms with E-state index in [-0.39, 0.29) is 6.29 Å². The molecular formula is C14H22O2. The smallest absolute Gasteiger partial charge is 0.154 e. The number of hydrogen-bond acceptors (Lipinski definition) is 2. The summed E-state index contributed by atoms with van der Waals surface area (Å²) in [5.74, 6) is 0.596. The molecule has 0 spiro atoms. The molecule has 0 bridgehead atoms. The van der Waals surface area contributed by atoms with Gasteiger partial charge in [0.25, 0.3) is 0 Å². The Morgan fingerprint density at radius 1 is 1.06 bits per heavy atom. The lowest BCUT2D eigenvalue weighted by molar-refractivity contribution is -0.109. The van der Waals surface area contributed by atoms with Gasteiger partial charge < -0.3 is 9.47 Å². The molecule has 1 atom stereocenters. The van der Waals surface area contributed by atoms with Gasteiger partial charge in [-0.1, -0.05) is 38.1 Å². The molecule has 0 saturated heterocycles. The van der Waals surface area contributed by atoms with Gasteiger partial charge in [-0.05, 0) is 30.4 Å². The zero-order chi connectivity index (χ0) is 12.0. The summed E-state index contributed by atoms with van der Waals surface area (Å²) in [6, 6.07) is 8.74. The minimum atomic E-state index is -0.116. The molecule has 0 saturated carbocycles. The van der Waals surface area contributed by atoms with Crippen molar-refractivity contribution in [3.05, 3.63) is 35.4 Å². The van der Waals surface area contributed by atoms with Crippen LogP contribution in [0.15, 0.2) is 24.3 Å². The number of benzene rings is 1. The molecule has 16 heavy (non-hydrogen) atoms. The van der Waals surface area contributed by atoms with Gasteiger partial charge in [-0.15, -0.1) is 0 Å². The van der Waals surface area contributed by atoms with E-state index in [0.717, 1.165) is 6.42 Å². The van der Waals surface area contributed by atoms with Crippen LogP contribution in [0.3, 0.4) is 0 Å². The predicted octanol–water partition coefficient (Wildman–Crippen LogP) is 3.36. The Morgan fingerprint density at radius 3 is 2.19 bits per heavy atom. The first-order valence-corrected chi connectivity index (χ1v) is 5.86. The quantitative estimate of drug-likeness (QED) is 0.687. The number of methoxy groups -OCH3 is 1. The standard InChI is InChI=1S/C14H22O2/c1-11(2)14-7-5-13(6-8-14)9-10-16-12(3)15-4/h5-8,11-12H,9-10H2,1-4H3. The molecule has 1 rings (SSSR count). The van der Waals surface area contributed by atoms with E-state index in [1.165, 1.54) is 11.1 Å². The van der Waals surface area contributed by atoms with Gasteiger partial charge in [0.1, 0.15) is 0 Å². The molecular weight excluding hydrogens is 200 g/mol. The number of hydrogen-bond donors (Lipinski definition) is 0. The summed E-state index contributed by atoms with van der Waals surface area (Å²) in [4.78, 5) is 0. The van der Waals surface area contributed by atoms with Crippen LogP contribution in [0.25, 0.3) is 0 Å². The van der Waals surface area contributed by atoms with Crippen molar-refractivity contribution in [2.24, 2.45) is 0 Å². The van der Waals surface area contributed by atoms with Crippen molar-refractivity contribution < 1.29 is 9.47 Å². The first kappa shape index (κ1) is 13.2. The fraction of sp³-hybridized carbons (Fsp3) is 0.571. The van der Waals surface area contributed by atoms with Crippen molar-refractivity contribution in [3.63, 3.8) is 0 Å². The first-order chi connectivity index (χ1) is 7.63. The molecule has 1 aromatic carbocycles. The molecule has 2 heteroatoms. The average molecular weight is 222 g/mol. The largest absolute Gasteiger partial charge is 0.356 e. The van der Waals surface area contributed by atoms with Gasteiger partial charge in [-0.3, -0.25) is 0 Å². The molecule has 0 radical (unpaired) electrons. The van der Waals surface area contributed by atoms with Gasteiger partial charge in [0, 0.05) is 7.11 Å². The molecule has 2 nitrogen and oxygen atoms in total. The minimum Gasteiger partial charge on any atom is -0.356 e. The third-order valence-electron chi connectivity index (χ3n) is 2.72. The lowest BCUT2D eigenvalue weighted by atomic mass is 10.0. The fourth-order valence-electron chi connectivity index (χ4n) is 1.48. The van der Waals surface area contributed by atoms with E-state index in [0.29, 0.717) is 12.5 Å². The predicted molar refractivity (Wildman–Crippen MR) is 66.7 cm³/mol. The molecule has 0 aliphatic carbocycles. The summed E-state index contributed by atoms with van der Waals surface area (Å²) in [5.41, 5.74) is 2.70. The molecule has 0 aliphatic heterocycles. The molecule has 0 fully saturated rings.